The Bertz CT molecular complexity index is 2010. The average Bonchev–Trinajstić information content (AvgIpc) is 3.57. The highest BCUT2D eigenvalue weighted by atomic mass is 16.3. The lowest BCUT2D eigenvalue weighted by Gasteiger charge is -2.14. The molecule has 0 bridgehead atoms. The largest absolute Gasteiger partial charge is 0.464 e. The third-order valence-electron chi connectivity index (χ3n) is 6.96. The number of benzene rings is 6. The Morgan fingerprint density at radius 2 is 1.24 bits per heavy atom. The molecule has 0 spiro atoms. The van der Waals surface area contributed by atoms with E-state index in [1.807, 2.05) is 30.3 Å². The summed E-state index contributed by atoms with van der Waals surface area (Å²) in [6.45, 7) is 0. The van der Waals surface area contributed by atoms with Gasteiger partial charge in [-0.15, -0.1) is 0 Å². The van der Waals surface area contributed by atoms with E-state index >= 15 is 0 Å². The normalized spacial score (nSPS) is 12.1. The van der Waals surface area contributed by atoms with Gasteiger partial charge in [-0.25, -0.2) is 4.98 Å². The van der Waals surface area contributed by atoms with Crippen LogP contribution in [0.4, 0.5) is 0 Å². The highest BCUT2D eigenvalue weighted by Crippen LogP contribution is 2.42. The van der Waals surface area contributed by atoms with Crippen LogP contribution in [-0.2, 0) is 0 Å². The van der Waals surface area contributed by atoms with Gasteiger partial charge in [-0.1, -0.05) is 66.7 Å². The van der Waals surface area contributed by atoms with Gasteiger partial charge >= 0.3 is 0 Å². The fourth-order valence-electron chi connectivity index (χ4n) is 5.41. The summed E-state index contributed by atoms with van der Waals surface area (Å²) in [5, 5.41) is 9.45. The van der Waals surface area contributed by atoms with Crippen LogP contribution < -0.4 is 0 Å². The van der Waals surface area contributed by atoms with Crippen LogP contribution in [-0.4, -0.2) is 4.98 Å². The number of aromatic nitrogens is 1. The van der Waals surface area contributed by atoms with E-state index in [0.717, 1.165) is 44.1 Å². The van der Waals surface area contributed by atoms with Crippen LogP contribution in [0.2, 0.25) is 0 Å². The minimum absolute atomic E-state index is 0.649. The van der Waals surface area contributed by atoms with Crippen molar-refractivity contribution >= 4 is 54.2 Å². The van der Waals surface area contributed by atoms with Gasteiger partial charge in [-0.2, -0.15) is 0 Å². The Morgan fingerprint density at radius 1 is 0.529 bits per heavy atom. The molecule has 0 fully saturated rings. The van der Waals surface area contributed by atoms with E-state index in [2.05, 4.69) is 66.7 Å². The van der Waals surface area contributed by atoms with Crippen LogP contribution in [0.25, 0.3) is 77.0 Å². The third kappa shape index (κ3) is 2.33. The highest BCUT2D eigenvalue weighted by Gasteiger charge is 2.18. The van der Waals surface area contributed by atoms with Crippen LogP contribution in [0.3, 0.4) is 0 Å². The van der Waals surface area contributed by atoms with E-state index in [-0.39, 0.29) is 0 Å². The van der Waals surface area contributed by atoms with E-state index in [1.165, 1.54) is 26.9 Å². The van der Waals surface area contributed by atoms with E-state index in [0.29, 0.717) is 5.89 Å². The first-order valence-electron chi connectivity index (χ1n) is 11.4. The third-order valence-corrected chi connectivity index (χ3v) is 6.96. The van der Waals surface area contributed by atoms with Crippen molar-refractivity contribution in [3.8, 4) is 22.8 Å². The van der Waals surface area contributed by atoms with E-state index in [1.54, 1.807) is 6.26 Å². The van der Waals surface area contributed by atoms with Crippen LogP contribution in [0.5, 0.6) is 0 Å². The standard InChI is InChI=1S/C31H17NO2/c1-2-5-21-18(4-1)11-16-26-30(21)34-31(32-26)25-15-10-20-8-13-23-22(27-6-3-17-33-27)12-7-19-9-14-24(25)29(20)28(19)23/h1-17H. The maximum Gasteiger partial charge on any atom is 0.227 e. The molecule has 0 amide bonds. The average molecular weight is 435 g/mol. The lowest BCUT2D eigenvalue weighted by atomic mass is 9.89. The van der Waals surface area contributed by atoms with Crippen LogP contribution in [0, 0.1) is 0 Å². The Balaban J connectivity index is 1.46. The molecular weight excluding hydrogens is 418 g/mol. The molecule has 0 aliphatic rings. The van der Waals surface area contributed by atoms with Crippen molar-refractivity contribution in [2.24, 2.45) is 0 Å². The van der Waals surface area contributed by atoms with Gasteiger partial charge in [-0.3, -0.25) is 0 Å². The fraction of sp³-hybridized carbons (Fsp3) is 0. The van der Waals surface area contributed by atoms with Crippen molar-refractivity contribution in [2.45, 2.75) is 0 Å². The highest BCUT2D eigenvalue weighted by molar-refractivity contribution is 6.27. The van der Waals surface area contributed by atoms with Crippen molar-refractivity contribution in [3.05, 3.63) is 103 Å². The molecule has 0 aliphatic carbocycles. The molecule has 2 aromatic heterocycles. The van der Waals surface area contributed by atoms with Crippen LogP contribution in [0.15, 0.2) is 112 Å². The summed E-state index contributed by atoms with van der Waals surface area (Å²) in [5.74, 6) is 1.53. The Morgan fingerprint density at radius 3 is 2.03 bits per heavy atom. The first kappa shape index (κ1) is 17.9. The summed E-state index contributed by atoms with van der Waals surface area (Å²) in [6.07, 6.45) is 1.72. The van der Waals surface area contributed by atoms with Gasteiger partial charge in [0.1, 0.15) is 11.3 Å². The summed E-state index contributed by atoms with van der Waals surface area (Å²) in [6, 6.07) is 33.8. The number of rotatable bonds is 2. The molecule has 0 radical (unpaired) electrons. The summed E-state index contributed by atoms with van der Waals surface area (Å²) >= 11 is 0. The van der Waals surface area contributed by atoms with Gasteiger partial charge in [0.05, 0.1) is 6.26 Å². The van der Waals surface area contributed by atoms with Gasteiger partial charge < -0.3 is 8.83 Å². The quantitative estimate of drug-likeness (QED) is 0.255. The molecule has 0 saturated carbocycles. The molecule has 2 heterocycles. The number of fused-ring (bicyclic) bond motifs is 3. The van der Waals surface area contributed by atoms with Crippen molar-refractivity contribution < 1.29 is 8.83 Å². The molecule has 3 nitrogen and oxygen atoms in total. The fourth-order valence-corrected chi connectivity index (χ4v) is 5.41. The molecule has 8 rings (SSSR count). The summed E-state index contributed by atoms with van der Waals surface area (Å²) in [4.78, 5) is 4.89. The Labute approximate surface area is 194 Å². The van der Waals surface area contributed by atoms with E-state index in [4.69, 9.17) is 13.8 Å². The lowest BCUT2D eigenvalue weighted by Crippen LogP contribution is -1.89. The smallest absolute Gasteiger partial charge is 0.227 e. The molecule has 3 heteroatoms. The van der Waals surface area contributed by atoms with Gasteiger partial charge in [-0.05, 0) is 68.0 Å². The molecule has 6 aromatic carbocycles. The van der Waals surface area contributed by atoms with Crippen molar-refractivity contribution in [1.29, 1.82) is 0 Å². The maximum atomic E-state index is 6.41. The molecule has 0 unspecified atom stereocenters. The number of hydrogen-bond donors (Lipinski definition) is 0. The molecular formula is C31H17NO2. The minimum Gasteiger partial charge on any atom is -0.464 e. The second-order valence-corrected chi connectivity index (χ2v) is 8.78. The van der Waals surface area contributed by atoms with Crippen LogP contribution in [0.1, 0.15) is 0 Å². The topological polar surface area (TPSA) is 39.2 Å². The minimum atomic E-state index is 0.649. The molecule has 0 atom stereocenters. The van der Waals surface area contributed by atoms with Gasteiger partial charge in [0.15, 0.2) is 5.58 Å². The van der Waals surface area contributed by atoms with Gasteiger partial charge in [0, 0.05) is 16.5 Å². The Hall–Kier alpha value is -4.63. The predicted octanol–water partition coefficient (Wildman–Crippen LogP) is 8.81. The second kappa shape index (κ2) is 6.46. The molecule has 0 saturated heterocycles. The summed E-state index contributed by atoms with van der Waals surface area (Å²) < 4.78 is 12.2. The molecule has 0 aliphatic heterocycles. The number of hydrogen-bond acceptors (Lipinski definition) is 3. The number of furan rings is 1. The zero-order chi connectivity index (χ0) is 22.2. The number of oxazole rings is 1. The number of nitrogens with zero attached hydrogens (tertiary/aromatic N) is 1. The van der Waals surface area contributed by atoms with E-state index < -0.39 is 0 Å². The lowest BCUT2D eigenvalue weighted by molar-refractivity contribution is 0.583. The van der Waals surface area contributed by atoms with Gasteiger partial charge in [0.2, 0.25) is 5.89 Å². The molecule has 0 N–H and O–H groups in total. The van der Waals surface area contributed by atoms with Crippen LogP contribution >= 0.6 is 0 Å². The second-order valence-electron chi connectivity index (χ2n) is 8.78. The van der Waals surface area contributed by atoms with E-state index in [9.17, 15) is 0 Å². The molecule has 34 heavy (non-hydrogen) atoms. The first-order valence-corrected chi connectivity index (χ1v) is 11.4. The van der Waals surface area contributed by atoms with Crippen molar-refractivity contribution in [3.63, 3.8) is 0 Å². The molecule has 158 valence electrons. The predicted molar refractivity (Wildman–Crippen MR) is 138 cm³/mol. The summed E-state index contributed by atoms with van der Waals surface area (Å²) in [5.41, 5.74) is 3.81. The molecule has 8 aromatic rings. The van der Waals surface area contributed by atoms with Gasteiger partial charge in [0.25, 0.3) is 0 Å². The first-order chi connectivity index (χ1) is 16.8. The SMILES string of the molecule is c1coc(-c2ccc3ccc4c(-c5nc6ccc7ccccc7c6o5)ccc5ccc2c3c54)c1. The van der Waals surface area contributed by atoms with Crippen molar-refractivity contribution in [2.75, 3.05) is 0 Å². The monoisotopic (exact) mass is 435 g/mol. The maximum absolute atomic E-state index is 6.41. The summed E-state index contributed by atoms with van der Waals surface area (Å²) in [7, 11) is 0. The Kier molecular flexibility index (Phi) is 3.39. The zero-order valence-electron chi connectivity index (χ0n) is 18.1. The van der Waals surface area contributed by atoms with Crippen molar-refractivity contribution in [1.82, 2.24) is 4.98 Å². The zero-order valence-corrected chi connectivity index (χ0v) is 18.1.